The van der Waals surface area contributed by atoms with Crippen LogP contribution in [0.15, 0.2) is 24.3 Å². The first-order chi connectivity index (χ1) is 8.79. The number of benzene rings is 1. The first kappa shape index (κ1) is 13.8. The smallest absolute Gasteiger partial charge is 0.311 e. The van der Waals surface area contributed by atoms with Crippen molar-refractivity contribution in [3.63, 3.8) is 0 Å². The SMILES string of the molecule is C[Si](C)(C)OC1(C#N)CC(C(=O)O)c2ccccc21. The van der Waals surface area contributed by atoms with Crippen molar-refractivity contribution in [3.8, 4) is 6.07 Å². The molecule has 0 saturated carbocycles. The Morgan fingerprint density at radius 1 is 1.47 bits per heavy atom. The molecule has 0 heterocycles. The lowest BCUT2D eigenvalue weighted by Gasteiger charge is -2.31. The topological polar surface area (TPSA) is 70.3 Å². The van der Waals surface area contributed by atoms with E-state index in [0.717, 1.165) is 0 Å². The average molecular weight is 275 g/mol. The van der Waals surface area contributed by atoms with E-state index in [2.05, 4.69) is 6.07 Å². The summed E-state index contributed by atoms with van der Waals surface area (Å²) in [4.78, 5) is 11.4. The molecule has 0 saturated heterocycles. The standard InChI is InChI=1S/C14H17NO3Si/c1-19(2,3)18-14(9-15)8-11(13(16)17)10-6-4-5-7-12(10)14/h4-7,11H,8H2,1-3H3,(H,16,17). The third-order valence-corrected chi connectivity index (χ3v) is 4.18. The molecule has 19 heavy (non-hydrogen) atoms. The van der Waals surface area contributed by atoms with Gasteiger partial charge in [-0.15, -0.1) is 0 Å². The zero-order valence-corrected chi connectivity index (χ0v) is 12.3. The van der Waals surface area contributed by atoms with Crippen LogP contribution in [-0.4, -0.2) is 19.4 Å². The summed E-state index contributed by atoms with van der Waals surface area (Å²) in [6, 6.07) is 9.43. The predicted molar refractivity (Wildman–Crippen MR) is 73.2 cm³/mol. The molecule has 2 rings (SSSR count). The van der Waals surface area contributed by atoms with Gasteiger partial charge in [-0.3, -0.25) is 4.79 Å². The van der Waals surface area contributed by atoms with Gasteiger partial charge in [-0.2, -0.15) is 5.26 Å². The number of carboxylic acids is 1. The maximum absolute atomic E-state index is 11.4. The van der Waals surface area contributed by atoms with Crippen LogP contribution in [0.2, 0.25) is 19.6 Å². The van der Waals surface area contributed by atoms with Gasteiger partial charge >= 0.3 is 5.97 Å². The highest BCUT2D eigenvalue weighted by molar-refractivity contribution is 6.69. The number of carbonyl (C=O) groups is 1. The molecule has 1 aromatic rings. The molecule has 1 N–H and O–H groups in total. The van der Waals surface area contributed by atoms with Gasteiger partial charge in [0.05, 0.1) is 5.92 Å². The van der Waals surface area contributed by atoms with Gasteiger partial charge in [0.2, 0.25) is 0 Å². The van der Waals surface area contributed by atoms with Crippen LogP contribution in [0.1, 0.15) is 23.5 Å². The van der Waals surface area contributed by atoms with E-state index in [4.69, 9.17) is 4.43 Å². The Balaban J connectivity index is 2.55. The van der Waals surface area contributed by atoms with Crippen LogP contribution in [0.3, 0.4) is 0 Å². The highest BCUT2D eigenvalue weighted by Gasteiger charge is 2.49. The van der Waals surface area contributed by atoms with Crippen LogP contribution < -0.4 is 0 Å². The lowest BCUT2D eigenvalue weighted by atomic mass is 9.98. The van der Waals surface area contributed by atoms with Crippen LogP contribution in [0.25, 0.3) is 0 Å². The van der Waals surface area contributed by atoms with Gasteiger partial charge in [-0.1, -0.05) is 24.3 Å². The van der Waals surface area contributed by atoms with E-state index in [1.165, 1.54) is 0 Å². The van der Waals surface area contributed by atoms with Crippen molar-refractivity contribution < 1.29 is 14.3 Å². The lowest BCUT2D eigenvalue weighted by Crippen LogP contribution is -2.38. The van der Waals surface area contributed by atoms with Crippen molar-refractivity contribution in [1.29, 1.82) is 5.26 Å². The normalized spacial score (nSPS) is 25.7. The summed E-state index contributed by atoms with van der Waals surface area (Å²) in [5.41, 5.74) is 0.312. The summed E-state index contributed by atoms with van der Waals surface area (Å²) in [6.45, 7) is 6.01. The monoisotopic (exact) mass is 275 g/mol. The zero-order valence-electron chi connectivity index (χ0n) is 11.3. The van der Waals surface area contributed by atoms with Gasteiger partial charge in [0.25, 0.3) is 0 Å². The number of nitriles is 1. The predicted octanol–water partition coefficient (Wildman–Crippen LogP) is 2.83. The summed E-state index contributed by atoms with van der Waals surface area (Å²) in [6.07, 6.45) is 0.197. The molecule has 0 radical (unpaired) electrons. The first-order valence-corrected chi connectivity index (χ1v) is 9.63. The van der Waals surface area contributed by atoms with Crippen LogP contribution in [0.5, 0.6) is 0 Å². The minimum Gasteiger partial charge on any atom is -0.481 e. The van der Waals surface area contributed by atoms with Gasteiger partial charge in [-0.05, 0) is 25.2 Å². The zero-order chi connectivity index (χ0) is 14.3. The van der Waals surface area contributed by atoms with Crippen molar-refractivity contribution in [2.75, 3.05) is 0 Å². The molecule has 2 atom stereocenters. The summed E-state index contributed by atoms with van der Waals surface area (Å²) >= 11 is 0. The molecule has 5 heteroatoms. The molecule has 100 valence electrons. The molecular weight excluding hydrogens is 258 g/mol. The number of fused-ring (bicyclic) bond motifs is 1. The Bertz CT molecular complexity index is 559. The van der Waals surface area contributed by atoms with E-state index in [-0.39, 0.29) is 6.42 Å². The summed E-state index contributed by atoms with van der Waals surface area (Å²) in [5, 5.41) is 18.9. The van der Waals surface area contributed by atoms with Crippen molar-refractivity contribution in [1.82, 2.24) is 0 Å². The van der Waals surface area contributed by atoms with Gasteiger partial charge in [0.15, 0.2) is 13.9 Å². The van der Waals surface area contributed by atoms with Gasteiger partial charge in [-0.25, -0.2) is 0 Å². The molecule has 0 spiro atoms. The third-order valence-electron chi connectivity index (χ3n) is 3.22. The van der Waals surface area contributed by atoms with Crippen molar-refractivity contribution in [2.45, 2.75) is 37.6 Å². The van der Waals surface area contributed by atoms with Crippen molar-refractivity contribution >= 4 is 14.3 Å². The Labute approximate surface area is 113 Å². The number of nitrogens with zero attached hydrogens (tertiary/aromatic N) is 1. The molecule has 2 unspecified atom stereocenters. The van der Waals surface area contributed by atoms with Gasteiger partial charge in [0, 0.05) is 12.0 Å². The number of hydrogen-bond donors (Lipinski definition) is 1. The van der Waals surface area contributed by atoms with E-state index in [1.54, 1.807) is 12.1 Å². The van der Waals surface area contributed by atoms with Crippen LogP contribution in [-0.2, 0) is 14.8 Å². The highest BCUT2D eigenvalue weighted by Crippen LogP contribution is 2.47. The summed E-state index contributed by atoms with van der Waals surface area (Å²) in [5.74, 6) is -1.56. The fourth-order valence-electron chi connectivity index (χ4n) is 2.64. The molecule has 0 aliphatic heterocycles. The largest absolute Gasteiger partial charge is 0.481 e. The summed E-state index contributed by atoms with van der Waals surface area (Å²) < 4.78 is 6.06. The average Bonchev–Trinajstić information content (AvgIpc) is 2.63. The fourth-order valence-corrected chi connectivity index (χ4v) is 3.93. The maximum atomic E-state index is 11.4. The molecule has 0 fully saturated rings. The van der Waals surface area contributed by atoms with Crippen LogP contribution >= 0.6 is 0 Å². The maximum Gasteiger partial charge on any atom is 0.311 e. The number of aliphatic carboxylic acids is 1. The van der Waals surface area contributed by atoms with Crippen molar-refractivity contribution in [3.05, 3.63) is 35.4 Å². The molecule has 1 aromatic carbocycles. The Kier molecular flexibility index (Phi) is 3.25. The quantitative estimate of drug-likeness (QED) is 0.861. The molecule has 4 nitrogen and oxygen atoms in total. The molecular formula is C14H17NO3Si. The van der Waals surface area contributed by atoms with E-state index >= 15 is 0 Å². The number of carboxylic acid groups (broad SMARTS) is 1. The second kappa shape index (κ2) is 4.48. The summed E-state index contributed by atoms with van der Waals surface area (Å²) in [7, 11) is -1.96. The Morgan fingerprint density at radius 3 is 2.63 bits per heavy atom. The van der Waals surface area contributed by atoms with E-state index in [0.29, 0.717) is 11.1 Å². The first-order valence-electron chi connectivity index (χ1n) is 6.23. The van der Waals surface area contributed by atoms with Gasteiger partial charge in [0.1, 0.15) is 6.07 Å². The molecule has 0 amide bonds. The lowest BCUT2D eigenvalue weighted by molar-refractivity contribution is -0.139. The Hall–Kier alpha value is -1.64. The van der Waals surface area contributed by atoms with Gasteiger partial charge < -0.3 is 9.53 Å². The van der Waals surface area contributed by atoms with Crippen LogP contribution in [0, 0.1) is 11.3 Å². The van der Waals surface area contributed by atoms with E-state index < -0.39 is 25.8 Å². The van der Waals surface area contributed by atoms with Crippen molar-refractivity contribution in [2.24, 2.45) is 0 Å². The molecule has 1 aliphatic carbocycles. The molecule has 1 aliphatic rings. The fraction of sp³-hybridized carbons (Fsp3) is 0.429. The second-order valence-electron chi connectivity index (χ2n) is 5.84. The highest BCUT2D eigenvalue weighted by atomic mass is 28.4. The van der Waals surface area contributed by atoms with E-state index in [9.17, 15) is 15.2 Å². The molecule has 0 aromatic heterocycles. The minimum atomic E-state index is -1.96. The minimum absolute atomic E-state index is 0.197. The Morgan fingerprint density at radius 2 is 2.11 bits per heavy atom. The molecule has 0 bridgehead atoms. The van der Waals surface area contributed by atoms with Crippen LogP contribution in [0.4, 0.5) is 0 Å². The third kappa shape index (κ3) is 2.42. The second-order valence-corrected chi connectivity index (χ2v) is 10.3. The number of hydrogen-bond acceptors (Lipinski definition) is 3. The van der Waals surface area contributed by atoms with E-state index in [1.807, 2.05) is 31.8 Å². The number of rotatable bonds is 3.